The standard InChI is InChI=1S/C19H23N3O2/c1-13(20)11-18(23)21-14(2)16-9-6-10-17(12-16)22-19(24)15-7-4-3-5-8-15/h3-10,12-14H,11,20H2,1-2H3,(H,21,23)(H,22,24). The third-order valence-electron chi connectivity index (χ3n) is 3.57. The van der Waals surface area contributed by atoms with Gasteiger partial charge in [0.1, 0.15) is 0 Å². The number of hydrogen-bond donors (Lipinski definition) is 3. The van der Waals surface area contributed by atoms with E-state index in [4.69, 9.17) is 5.73 Å². The molecule has 2 atom stereocenters. The van der Waals surface area contributed by atoms with E-state index >= 15 is 0 Å². The first-order valence-electron chi connectivity index (χ1n) is 7.97. The molecular weight excluding hydrogens is 302 g/mol. The van der Waals surface area contributed by atoms with E-state index in [-0.39, 0.29) is 30.3 Å². The Balaban J connectivity index is 2.03. The summed E-state index contributed by atoms with van der Waals surface area (Å²) < 4.78 is 0. The topological polar surface area (TPSA) is 84.2 Å². The van der Waals surface area contributed by atoms with Gasteiger partial charge in [0, 0.05) is 23.7 Å². The van der Waals surface area contributed by atoms with Crippen molar-refractivity contribution in [3.8, 4) is 0 Å². The van der Waals surface area contributed by atoms with Gasteiger partial charge in [-0.1, -0.05) is 30.3 Å². The molecule has 0 saturated carbocycles. The second kappa shape index (κ2) is 8.26. The van der Waals surface area contributed by atoms with E-state index in [1.54, 1.807) is 19.1 Å². The summed E-state index contributed by atoms with van der Waals surface area (Å²) in [6.07, 6.45) is 0.286. The van der Waals surface area contributed by atoms with Crippen molar-refractivity contribution in [1.82, 2.24) is 5.32 Å². The maximum absolute atomic E-state index is 12.2. The highest BCUT2D eigenvalue weighted by molar-refractivity contribution is 6.04. The van der Waals surface area contributed by atoms with Crippen molar-refractivity contribution in [1.29, 1.82) is 0 Å². The fourth-order valence-electron chi connectivity index (χ4n) is 2.35. The lowest BCUT2D eigenvalue weighted by atomic mass is 10.1. The largest absolute Gasteiger partial charge is 0.350 e. The number of carbonyl (C=O) groups is 2. The summed E-state index contributed by atoms with van der Waals surface area (Å²) in [6, 6.07) is 16.1. The summed E-state index contributed by atoms with van der Waals surface area (Å²) in [5.74, 6) is -0.252. The van der Waals surface area contributed by atoms with Crippen LogP contribution in [0.15, 0.2) is 54.6 Å². The van der Waals surface area contributed by atoms with Crippen LogP contribution in [0.3, 0.4) is 0 Å². The predicted octanol–water partition coefficient (Wildman–Crippen LogP) is 2.85. The van der Waals surface area contributed by atoms with Gasteiger partial charge in [-0.3, -0.25) is 9.59 Å². The van der Waals surface area contributed by atoms with Crippen LogP contribution in [0, 0.1) is 0 Å². The van der Waals surface area contributed by atoms with Gasteiger partial charge in [0.25, 0.3) is 5.91 Å². The molecule has 2 aromatic rings. The van der Waals surface area contributed by atoms with Crippen molar-refractivity contribution in [3.63, 3.8) is 0 Å². The molecule has 0 spiro atoms. The SMILES string of the molecule is CC(N)CC(=O)NC(C)c1cccc(NC(=O)c2ccccc2)c1. The molecule has 0 aliphatic heterocycles. The Morgan fingerprint density at radius 3 is 2.42 bits per heavy atom. The highest BCUT2D eigenvalue weighted by Gasteiger charge is 2.12. The molecule has 2 unspecified atom stereocenters. The Morgan fingerprint density at radius 1 is 1.04 bits per heavy atom. The van der Waals surface area contributed by atoms with Crippen molar-refractivity contribution < 1.29 is 9.59 Å². The van der Waals surface area contributed by atoms with Gasteiger partial charge in [-0.2, -0.15) is 0 Å². The molecule has 5 nitrogen and oxygen atoms in total. The van der Waals surface area contributed by atoms with E-state index in [1.807, 2.05) is 49.4 Å². The zero-order valence-corrected chi connectivity index (χ0v) is 14.0. The van der Waals surface area contributed by atoms with Gasteiger partial charge in [-0.05, 0) is 43.7 Å². The van der Waals surface area contributed by atoms with Crippen LogP contribution in [-0.4, -0.2) is 17.9 Å². The summed E-state index contributed by atoms with van der Waals surface area (Å²) in [4.78, 5) is 24.0. The lowest BCUT2D eigenvalue weighted by Gasteiger charge is -2.16. The quantitative estimate of drug-likeness (QED) is 0.763. The number of anilines is 1. The van der Waals surface area contributed by atoms with Gasteiger partial charge in [-0.25, -0.2) is 0 Å². The smallest absolute Gasteiger partial charge is 0.255 e. The van der Waals surface area contributed by atoms with Crippen LogP contribution >= 0.6 is 0 Å². The lowest BCUT2D eigenvalue weighted by molar-refractivity contribution is -0.122. The molecule has 0 saturated heterocycles. The van der Waals surface area contributed by atoms with E-state index in [9.17, 15) is 9.59 Å². The second-order valence-corrected chi connectivity index (χ2v) is 5.92. The number of nitrogens with two attached hydrogens (primary N) is 1. The van der Waals surface area contributed by atoms with Gasteiger partial charge in [0.2, 0.25) is 5.91 Å². The molecule has 0 fully saturated rings. The molecule has 2 rings (SSSR count). The van der Waals surface area contributed by atoms with Gasteiger partial charge in [-0.15, -0.1) is 0 Å². The molecule has 0 aromatic heterocycles. The van der Waals surface area contributed by atoms with Crippen LogP contribution in [0.25, 0.3) is 0 Å². The molecule has 0 heterocycles. The van der Waals surface area contributed by atoms with Crippen molar-refractivity contribution >= 4 is 17.5 Å². The molecule has 5 heteroatoms. The molecule has 2 aromatic carbocycles. The Morgan fingerprint density at radius 2 is 1.75 bits per heavy atom. The highest BCUT2D eigenvalue weighted by Crippen LogP contribution is 2.18. The maximum Gasteiger partial charge on any atom is 0.255 e. The van der Waals surface area contributed by atoms with Crippen LogP contribution in [0.5, 0.6) is 0 Å². The van der Waals surface area contributed by atoms with Crippen molar-refractivity contribution in [2.45, 2.75) is 32.4 Å². The zero-order valence-electron chi connectivity index (χ0n) is 14.0. The molecule has 0 radical (unpaired) electrons. The minimum Gasteiger partial charge on any atom is -0.350 e. The zero-order chi connectivity index (χ0) is 17.5. The summed E-state index contributed by atoms with van der Waals surface area (Å²) in [5, 5.41) is 5.78. The van der Waals surface area contributed by atoms with E-state index in [2.05, 4.69) is 10.6 Å². The molecule has 2 amide bonds. The van der Waals surface area contributed by atoms with Crippen LogP contribution in [0.1, 0.15) is 42.2 Å². The van der Waals surface area contributed by atoms with Gasteiger partial charge in [0.05, 0.1) is 6.04 Å². The van der Waals surface area contributed by atoms with Crippen LogP contribution in [0.2, 0.25) is 0 Å². The fraction of sp³-hybridized carbons (Fsp3) is 0.263. The molecule has 24 heavy (non-hydrogen) atoms. The summed E-state index contributed by atoms with van der Waals surface area (Å²) >= 11 is 0. The molecule has 0 aliphatic rings. The van der Waals surface area contributed by atoms with Crippen molar-refractivity contribution in [2.24, 2.45) is 5.73 Å². The first-order valence-corrected chi connectivity index (χ1v) is 7.97. The predicted molar refractivity (Wildman–Crippen MR) is 95.7 cm³/mol. The van der Waals surface area contributed by atoms with Gasteiger partial charge < -0.3 is 16.4 Å². The molecule has 0 bridgehead atoms. The van der Waals surface area contributed by atoms with Crippen LogP contribution in [-0.2, 0) is 4.79 Å². The van der Waals surface area contributed by atoms with Crippen LogP contribution < -0.4 is 16.4 Å². The molecular formula is C19H23N3O2. The van der Waals surface area contributed by atoms with Crippen LogP contribution in [0.4, 0.5) is 5.69 Å². The number of nitrogens with one attached hydrogen (secondary N) is 2. The average Bonchev–Trinajstić information content (AvgIpc) is 2.55. The van der Waals surface area contributed by atoms with E-state index < -0.39 is 0 Å². The van der Waals surface area contributed by atoms with Crippen molar-refractivity contribution in [2.75, 3.05) is 5.32 Å². The number of carbonyl (C=O) groups excluding carboxylic acids is 2. The first kappa shape index (κ1) is 17.7. The van der Waals surface area contributed by atoms with E-state index in [0.717, 1.165) is 5.56 Å². The Kier molecular flexibility index (Phi) is 6.09. The Hall–Kier alpha value is -2.66. The fourth-order valence-corrected chi connectivity index (χ4v) is 2.35. The van der Waals surface area contributed by atoms with E-state index in [0.29, 0.717) is 11.3 Å². The number of hydrogen-bond acceptors (Lipinski definition) is 3. The monoisotopic (exact) mass is 325 g/mol. The second-order valence-electron chi connectivity index (χ2n) is 5.92. The lowest BCUT2D eigenvalue weighted by Crippen LogP contribution is -2.31. The molecule has 0 aliphatic carbocycles. The number of benzene rings is 2. The number of amides is 2. The summed E-state index contributed by atoms with van der Waals surface area (Å²) in [5.41, 5.74) is 7.84. The van der Waals surface area contributed by atoms with Crippen molar-refractivity contribution in [3.05, 3.63) is 65.7 Å². The van der Waals surface area contributed by atoms with Gasteiger partial charge >= 0.3 is 0 Å². The molecule has 4 N–H and O–H groups in total. The normalized spacial score (nSPS) is 13.0. The summed E-state index contributed by atoms with van der Waals surface area (Å²) in [6.45, 7) is 3.70. The minimum absolute atomic E-state index is 0.0868. The average molecular weight is 325 g/mol. The highest BCUT2D eigenvalue weighted by atomic mass is 16.2. The number of rotatable bonds is 6. The minimum atomic E-state index is -0.173. The van der Waals surface area contributed by atoms with E-state index in [1.165, 1.54) is 0 Å². The third kappa shape index (κ3) is 5.21. The maximum atomic E-state index is 12.2. The Bertz CT molecular complexity index is 699. The summed E-state index contributed by atoms with van der Waals surface area (Å²) in [7, 11) is 0. The van der Waals surface area contributed by atoms with Gasteiger partial charge in [0.15, 0.2) is 0 Å². The first-order chi connectivity index (χ1) is 11.5. The molecule has 126 valence electrons. The third-order valence-corrected chi connectivity index (χ3v) is 3.57. The Labute approximate surface area is 142 Å².